The van der Waals surface area contributed by atoms with E-state index in [-0.39, 0.29) is 32.2 Å². The number of rotatable bonds is 7. The molecule has 0 aliphatic heterocycles. The first-order chi connectivity index (χ1) is 6.68. The van der Waals surface area contributed by atoms with Crippen LogP contribution in [0.1, 0.15) is 19.8 Å². The summed E-state index contributed by atoms with van der Waals surface area (Å²) >= 11 is 0. The molecule has 0 aromatic carbocycles. The summed E-state index contributed by atoms with van der Waals surface area (Å²) in [5, 5.41) is 16.5. The van der Waals surface area contributed by atoms with Crippen molar-refractivity contribution in [3.05, 3.63) is 0 Å². The molecule has 0 amide bonds. The monoisotopic (exact) mass is 216 g/mol. The molecule has 0 bridgehead atoms. The van der Waals surface area contributed by atoms with E-state index >= 15 is 0 Å². The van der Waals surface area contributed by atoms with Crippen molar-refractivity contribution in [3.63, 3.8) is 0 Å². The number of hydrogen-bond donors (Lipinski definition) is 0. The second-order valence-electron chi connectivity index (χ2n) is 2.41. The molecule has 0 aliphatic carbocycles. The van der Waals surface area contributed by atoms with Gasteiger partial charge in [-0.25, -0.2) is 0 Å². The molecule has 0 spiro atoms. The Hall–Kier alpha value is -0.870. The van der Waals surface area contributed by atoms with Gasteiger partial charge in [0, 0.05) is 6.16 Å². The minimum atomic E-state index is -3.06. The van der Waals surface area contributed by atoms with E-state index in [0.717, 1.165) is 0 Å². The molecule has 0 fully saturated rings. The molecule has 14 heavy (non-hydrogen) atoms. The van der Waals surface area contributed by atoms with E-state index in [0.29, 0.717) is 0 Å². The van der Waals surface area contributed by atoms with Gasteiger partial charge in [0.05, 0.1) is 38.2 Å². The smallest absolute Gasteiger partial charge is 0.307 e. The molecular weight excluding hydrogens is 203 g/mol. The van der Waals surface area contributed by atoms with Gasteiger partial charge >= 0.3 is 7.60 Å². The van der Waals surface area contributed by atoms with E-state index in [1.54, 1.807) is 6.92 Å². The van der Waals surface area contributed by atoms with Crippen molar-refractivity contribution < 1.29 is 13.6 Å². The Labute approximate surface area is 83.8 Å². The van der Waals surface area contributed by atoms with Crippen LogP contribution in [0.3, 0.4) is 0 Å². The molecule has 0 aromatic heterocycles. The maximum atomic E-state index is 11.7. The molecule has 0 radical (unpaired) electrons. The summed E-state index contributed by atoms with van der Waals surface area (Å²) in [5.74, 6) is 0. The zero-order chi connectivity index (χ0) is 10.9. The van der Waals surface area contributed by atoms with Gasteiger partial charge in [-0.3, -0.25) is 4.57 Å². The predicted octanol–water partition coefficient (Wildman–Crippen LogP) is 2.06. The van der Waals surface area contributed by atoms with Gasteiger partial charge in [0.2, 0.25) is 0 Å². The third-order valence-electron chi connectivity index (χ3n) is 1.39. The van der Waals surface area contributed by atoms with Crippen LogP contribution < -0.4 is 0 Å². The summed E-state index contributed by atoms with van der Waals surface area (Å²) in [7, 11) is -3.06. The normalized spacial score (nSPS) is 10.5. The van der Waals surface area contributed by atoms with Crippen molar-refractivity contribution >= 4 is 7.60 Å². The molecular formula is C8H13N2O3P. The fourth-order valence-corrected chi connectivity index (χ4v) is 1.86. The molecule has 0 aromatic rings. The zero-order valence-corrected chi connectivity index (χ0v) is 9.00. The average Bonchev–Trinajstić information content (AvgIpc) is 2.19. The molecule has 0 aliphatic rings. The third-order valence-corrected chi connectivity index (χ3v) is 3.32. The second-order valence-corrected chi connectivity index (χ2v) is 4.78. The minimum Gasteiger partial charge on any atom is -0.307 e. The van der Waals surface area contributed by atoms with E-state index in [4.69, 9.17) is 19.6 Å². The van der Waals surface area contributed by atoms with Gasteiger partial charge in [-0.05, 0) is 0 Å². The third kappa shape index (κ3) is 5.72. The SMILES string of the molecule is CCP(=O)(OCCC#N)OCCC#N. The fraction of sp³-hybridized carbons (Fsp3) is 0.750. The molecule has 5 nitrogen and oxygen atoms in total. The van der Waals surface area contributed by atoms with Crippen molar-refractivity contribution in [2.45, 2.75) is 19.8 Å². The predicted molar refractivity (Wildman–Crippen MR) is 50.5 cm³/mol. The summed E-state index contributed by atoms with van der Waals surface area (Å²) in [6, 6.07) is 3.76. The van der Waals surface area contributed by atoms with E-state index in [1.807, 2.05) is 12.1 Å². The Morgan fingerprint density at radius 3 is 1.86 bits per heavy atom. The summed E-state index contributed by atoms with van der Waals surface area (Å²) in [5.41, 5.74) is 0. The number of nitrogens with zero attached hydrogens (tertiary/aromatic N) is 2. The maximum Gasteiger partial charge on any atom is 0.330 e. The van der Waals surface area contributed by atoms with Gasteiger partial charge in [-0.15, -0.1) is 0 Å². The van der Waals surface area contributed by atoms with Crippen LogP contribution in [0.15, 0.2) is 0 Å². The summed E-state index contributed by atoms with van der Waals surface area (Å²) in [6.45, 7) is 1.89. The largest absolute Gasteiger partial charge is 0.330 e. The summed E-state index contributed by atoms with van der Waals surface area (Å²) in [6.07, 6.45) is 0.626. The number of hydrogen-bond acceptors (Lipinski definition) is 5. The molecule has 0 saturated heterocycles. The lowest BCUT2D eigenvalue weighted by Crippen LogP contribution is -2.00. The number of nitriles is 2. The Morgan fingerprint density at radius 2 is 1.57 bits per heavy atom. The topological polar surface area (TPSA) is 83.1 Å². The molecule has 0 heterocycles. The van der Waals surface area contributed by atoms with E-state index < -0.39 is 7.60 Å². The van der Waals surface area contributed by atoms with Crippen LogP contribution in [0.2, 0.25) is 0 Å². The lowest BCUT2D eigenvalue weighted by atomic mass is 10.5. The van der Waals surface area contributed by atoms with Crippen molar-refractivity contribution in [1.82, 2.24) is 0 Å². The minimum absolute atomic E-state index is 0.105. The van der Waals surface area contributed by atoms with Gasteiger partial charge in [0.25, 0.3) is 0 Å². The summed E-state index contributed by atoms with van der Waals surface area (Å²) < 4.78 is 21.6. The highest BCUT2D eigenvalue weighted by molar-refractivity contribution is 7.53. The Balaban J connectivity index is 3.88. The summed E-state index contributed by atoms with van der Waals surface area (Å²) in [4.78, 5) is 0. The van der Waals surface area contributed by atoms with Gasteiger partial charge in [-0.1, -0.05) is 6.92 Å². The first kappa shape index (κ1) is 13.1. The first-order valence-corrected chi connectivity index (χ1v) is 6.03. The quantitative estimate of drug-likeness (QED) is 0.480. The van der Waals surface area contributed by atoms with Crippen LogP contribution in [0.5, 0.6) is 0 Å². The second kappa shape index (κ2) is 7.53. The fourth-order valence-electron chi connectivity index (χ4n) is 0.681. The molecule has 0 rings (SSSR count). The van der Waals surface area contributed by atoms with Crippen molar-refractivity contribution in [2.24, 2.45) is 0 Å². The Kier molecular flexibility index (Phi) is 7.06. The van der Waals surface area contributed by atoms with Gasteiger partial charge < -0.3 is 9.05 Å². The highest BCUT2D eigenvalue weighted by atomic mass is 31.2. The average molecular weight is 216 g/mol. The lowest BCUT2D eigenvalue weighted by molar-refractivity contribution is 0.211. The Morgan fingerprint density at radius 1 is 1.14 bits per heavy atom. The van der Waals surface area contributed by atoms with Crippen molar-refractivity contribution in [1.29, 1.82) is 10.5 Å². The molecule has 78 valence electrons. The van der Waals surface area contributed by atoms with Gasteiger partial charge in [-0.2, -0.15) is 10.5 Å². The highest BCUT2D eigenvalue weighted by Crippen LogP contribution is 2.47. The zero-order valence-electron chi connectivity index (χ0n) is 8.10. The van der Waals surface area contributed by atoms with Crippen molar-refractivity contribution in [3.8, 4) is 12.1 Å². The van der Waals surface area contributed by atoms with Crippen LogP contribution in [-0.2, 0) is 13.6 Å². The van der Waals surface area contributed by atoms with Crippen LogP contribution >= 0.6 is 7.60 Å². The highest BCUT2D eigenvalue weighted by Gasteiger charge is 2.21. The van der Waals surface area contributed by atoms with Gasteiger partial charge in [0.1, 0.15) is 0 Å². The Bertz CT molecular complexity index is 255. The molecule has 0 atom stereocenters. The standard InChI is InChI=1S/C8H13N2O3P/c1-2-14(11,12-7-3-5-9)13-8-4-6-10/h2-4,7-8H2,1H3. The van der Waals surface area contributed by atoms with E-state index in [9.17, 15) is 4.57 Å². The van der Waals surface area contributed by atoms with Crippen LogP contribution in [0.25, 0.3) is 0 Å². The van der Waals surface area contributed by atoms with Crippen molar-refractivity contribution in [2.75, 3.05) is 19.4 Å². The van der Waals surface area contributed by atoms with E-state index in [1.165, 1.54) is 0 Å². The van der Waals surface area contributed by atoms with Crippen LogP contribution in [-0.4, -0.2) is 19.4 Å². The van der Waals surface area contributed by atoms with Crippen LogP contribution in [0.4, 0.5) is 0 Å². The first-order valence-electron chi connectivity index (χ1n) is 4.30. The molecule has 0 N–H and O–H groups in total. The molecule has 6 heteroatoms. The maximum absolute atomic E-state index is 11.7. The van der Waals surface area contributed by atoms with Gasteiger partial charge in [0.15, 0.2) is 0 Å². The van der Waals surface area contributed by atoms with E-state index in [2.05, 4.69) is 0 Å². The van der Waals surface area contributed by atoms with Crippen LogP contribution in [0, 0.1) is 22.7 Å². The molecule has 0 saturated carbocycles. The molecule has 0 unspecified atom stereocenters. The lowest BCUT2D eigenvalue weighted by Gasteiger charge is -2.15.